The van der Waals surface area contributed by atoms with Crippen molar-refractivity contribution in [2.24, 2.45) is 0 Å². The van der Waals surface area contributed by atoms with E-state index in [1.807, 2.05) is 75.2 Å². The van der Waals surface area contributed by atoms with Gasteiger partial charge in [0.05, 0.1) is 35.3 Å². The normalized spacial score (nSPS) is 18.8. The average molecular weight is 893 g/mol. The van der Waals surface area contributed by atoms with Crippen molar-refractivity contribution in [1.29, 1.82) is 0 Å². The molecule has 3 fully saturated rings. The molecule has 1 N–H and O–H groups in total. The Morgan fingerprint density at radius 2 is 1.73 bits per heavy atom. The first-order valence-electron chi connectivity index (χ1n) is 21.4. The van der Waals surface area contributed by atoms with Gasteiger partial charge in [0.15, 0.2) is 5.65 Å². The Balaban J connectivity index is 0.995. The Labute approximate surface area is 369 Å². The molecule has 2 aromatic heterocycles. The average Bonchev–Trinajstić information content (AvgIpc) is 3.88. The molecule has 7 rings (SSSR count). The van der Waals surface area contributed by atoms with Crippen molar-refractivity contribution < 1.29 is 32.3 Å². The van der Waals surface area contributed by atoms with Crippen LogP contribution < -0.4 is 9.62 Å². The molecule has 5 heterocycles. The summed E-state index contributed by atoms with van der Waals surface area (Å²) in [6, 6.07) is 15.7. The first-order chi connectivity index (χ1) is 29.5. The third-order valence-electron chi connectivity index (χ3n) is 11.5. The molecule has 3 aliphatic heterocycles. The quantitative estimate of drug-likeness (QED) is 0.163. The summed E-state index contributed by atoms with van der Waals surface area (Å²) in [5.74, 6) is 0.501. The van der Waals surface area contributed by atoms with Crippen LogP contribution in [0.3, 0.4) is 0 Å². The highest BCUT2D eigenvalue weighted by Gasteiger charge is 2.36. The molecule has 16 nitrogen and oxygen atoms in total. The summed E-state index contributed by atoms with van der Waals surface area (Å²) >= 11 is 6.20. The van der Waals surface area contributed by atoms with Crippen LogP contribution in [0, 0.1) is 6.92 Å². The maximum atomic E-state index is 14.1. The molecule has 0 saturated carbocycles. The number of fused-ring (bicyclic) bond motifs is 1. The molecule has 4 aromatic rings. The van der Waals surface area contributed by atoms with Gasteiger partial charge >= 0.3 is 12.2 Å². The van der Waals surface area contributed by atoms with Gasteiger partial charge in [0, 0.05) is 75.2 Å². The number of ether oxygens (including phenoxy) is 2. The van der Waals surface area contributed by atoms with Crippen molar-refractivity contribution in [1.82, 2.24) is 34.2 Å². The van der Waals surface area contributed by atoms with Gasteiger partial charge in [0.25, 0.3) is 5.91 Å². The number of amides is 3. The minimum absolute atomic E-state index is 0.0873. The lowest BCUT2D eigenvalue weighted by atomic mass is 9.98. The van der Waals surface area contributed by atoms with Gasteiger partial charge in [0.1, 0.15) is 18.0 Å². The lowest BCUT2D eigenvalue weighted by molar-refractivity contribution is 0.0164. The number of nitrogens with zero attached hydrogens (tertiary/aromatic N) is 8. The molecule has 3 saturated heterocycles. The number of benzene rings is 2. The van der Waals surface area contributed by atoms with Crippen LogP contribution in [0.15, 0.2) is 60.8 Å². The Morgan fingerprint density at radius 3 is 2.45 bits per heavy atom. The van der Waals surface area contributed by atoms with E-state index in [1.165, 1.54) is 6.07 Å². The minimum atomic E-state index is -3.67. The van der Waals surface area contributed by atoms with Gasteiger partial charge in [-0.15, -0.1) is 0 Å². The minimum Gasteiger partial charge on any atom is -0.445 e. The van der Waals surface area contributed by atoms with Gasteiger partial charge in [-0.2, -0.15) is 5.10 Å². The number of piperidine rings is 1. The van der Waals surface area contributed by atoms with Crippen LogP contribution in [0.2, 0.25) is 5.02 Å². The standard InChI is InChI=1S/C44H58ClN9O7S/c1-31-28-54-39(27-37(47-54)38-14-9-10-19-53(38)41(55)35-16-15-33(45)26-36(35)48-62(5,58)59)46-40(31)51-21-17-34(29-51)52(43(57)61-44(2,3)4)20-11-18-49-22-24-50(25-23-49)42(56)60-30-32-12-7-6-8-13-32/h6-8,12-13,15-16,26-28,34,38,48H,9-11,14,17-25,29-30H2,1-5H3/t34-,38-/m0/s1. The topological polar surface area (TPSA) is 162 Å². The Hall–Kier alpha value is -5.13. The molecule has 2 aromatic carbocycles. The van der Waals surface area contributed by atoms with Crippen LogP contribution in [0.5, 0.6) is 0 Å². The highest BCUT2D eigenvalue weighted by Crippen LogP contribution is 2.35. The van der Waals surface area contributed by atoms with E-state index in [1.54, 1.807) is 26.4 Å². The maximum Gasteiger partial charge on any atom is 0.410 e. The van der Waals surface area contributed by atoms with E-state index in [0.29, 0.717) is 62.1 Å². The van der Waals surface area contributed by atoms with Crippen molar-refractivity contribution in [3.05, 3.63) is 88.2 Å². The number of anilines is 2. The van der Waals surface area contributed by atoms with Crippen LogP contribution in [0.4, 0.5) is 21.1 Å². The summed E-state index contributed by atoms with van der Waals surface area (Å²) < 4.78 is 40.0. The molecule has 3 amide bonds. The summed E-state index contributed by atoms with van der Waals surface area (Å²) in [6.07, 6.45) is 6.26. The maximum absolute atomic E-state index is 14.1. The Morgan fingerprint density at radius 1 is 0.968 bits per heavy atom. The van der Waals surface area contributed by atoms with E-state index in [2.05, 4.69) is 14.5 Å². The Kier molecular flexibility index (Phi) is 13.8. The van der Waals surface area contributed by atoms with Crippen LogP contribution in [-0.4, -0.2) is 138 Å². The van der Waals surface area contributed by atoms with E-state index >= 15 is 0 Å². The van der Waals surface area contributed by atoms with Crippen molar-refractivity contribution >= 4 is 56.9 Å². The number of halogens is 1. The summed E-state index contributed by atoms with van der Waals surface area (Å²) in [6.45, 7) is 13.6. The number of carbonyl (C=O) groups is 3. The fraction of sp³-hybridized carbons (Fsp3) is 0.523. The van der Waals surface area contributed by atoms with Crippen LogP contribution in [-0.2, 0) is 26.1 Å². The van der Waals surface area contributed by atoms with Gasteiger partial charge in [-0.05, 0) is 90.1 Å². The van der Waals surface area contributed by atoms with E-state index in [0.717, 1.165) is 68.5 Å². The number of rotatable bonds is 12. The molecular weight excluding hydrogens is 834 g/mol. The zero-order valence-electron chi connectivity index (χ0n) is 36.3. The molecule has 0 radical (unpaired) electrons. The largest absolute Gasteiger partial charge is 0.445 e. The lowest BCUT2D eigenvalue weighted by Gasteiger charge is -2.35. The van der Waals surface area contributed by atoms with Crippen LogP contribution >= 0.6 is 11.6 Å². The van der Waals surface area contributed by atoms with Gasteiger partial charge < -0.3 is 29.1 Å². The predicted molar refractivity (Wildman–Crippen MR) is 238 cm³/mol. The number of aromatic nitrogens is 3. The molecule has 62 heavy (non-hydrogen) atoms. The van der Waals surface area contributed by atoms with Crippen LogP contribution in [0.1, 0.15) is 86.1 Å². The molecular formula is C44H58ClN9O7S. The van der Waals surface area contributed by atoms with Gasteiger partial charge in [0.2, 0.25) is 10.0 Å². The van der Waals surface area contributed by atoms with Crippen molar-refractivity contribution in [2.45, 2.75) is 84.1 Å². The number of sulfonamides is 1. The number of carbonyl (C=O) groups excluding carboxylic acids is 3. The monoisotopic (exact) mass is 891 g/mol. The highest BCUT2D eigenvalue weighted by molar-refractivity contribution is 7.92. The SMILES string of the molecule is Cc1cn2nc([C@@H]3CCCCN3C(=O)c3ccc(Cl)cc3NS(C)(=O)=O)cc2nc1N1CC[C@H](N(CCCN2CCN(C(=O)OCc3ccccc3)CC2)C(=O)OC(C)(C)C)C1. The van der Waals surface area contributed by atoms with Gasteiger partial charge in [-0.25, -0.2) is 27.5 Å². The second kappa shape index (κ2) is 19.1. The molecule has 0 spiro atoms. The smallest absolute Gasteiger partial charge is 0.410 e. The number of likely N-dealkylation sites (tertiary alicyclic amines) is 1. The van der Waals surface area contributed by atoms with Gasteiger partial charge in [-0.1, -0.05) is 41.9 Å². The number of piperazine rings is 1. The van der Waals surface area contributed by atoms with E-state index < -0.39 is 15.6 Å². The zero-order chi connectivity index (χ0) is 44.2. The highest BCUT2D eigenvalue weighted by atomic mass is 35.5. The molecule has 334 valence electrons. The summed E-state index contributed by atoms with van der Waals surface area (Å²) in [7, 11) is -3.67. The zero-order valence-corrected chi connectivity index (χ0v) is 37.8. The summed E-state index contributed by atoms with van der Waals surface area (Å²) in [5, 5.41) is 5.21. The number of hydrogen-bond donors (Lipinski definition) is 1. The second-order valence-corrected chi connectivity index (χ2v) is 19.7. The molecule has 2 atom stereocenters. The summed E-state index contributed by atoms with van der Waals surface area (Å²) in [5.41, 5.74) is 2.92. The number of nitrogens with one attached hydrogen (secondary N) is 1. The van der Waals surface area contributed by atoms with Gasteiger partial charge in [-0.3, -0.25) is 14.4 Å². The fourth-order valence-electron chi connectivity index (χ4n) is 8.49. The van der Waals surface area contributed by atoms with Crippen molar-refractivity contribution in [3.8, 4) is 0 Å². The summed E-state index contributed by atoms with van der Waals surface area (Å²) in [4.78, 5) is 55.5. The van der Waals surface area contributed by atoms with E-state index in [9.17, 15) is 22.8 Å². The van der Waals surface area contributed by atoms with Crippen molar-refractivity contribution in [2.75, 3.05) is 74.8 Å². The third-order valence-corrected chi connectivity index (χ3v) is 12.3. The third kappa shape index (κ3) is 11.3. The van der Waals surface area contributed by atoms with Crippen molar-refractivity contribution in [3.63, 3.8) is 0 Å². The molecule has 0 bridgehead atoms. The van der Waals surface area contributed by atoms with E-state index in [4.69, 9.17) is 31.2 Å². The number of hydrogen-bond acceptors (Lipinski definition) is 11. The first-order valence-corrected chi connectivity index (χ1v) is 23.7. The molecule has 18 heteroatoms. The number of aryl methyl sites for hydroxylation is 1. The predicted octanol–water partition coefficient (Wildman–Crippen LogP) is 6.59. The Bertz CT molecular complexity index is 2350. The molecule has 0 aliphatic carbocycles. The fourth-order valence-corrected chi connectivity index (χ4v) is 9.23. The van der Waals surface area contributed by atoms with E-state index in [-0.39, 0.29) is 48.0 Å². The molecule has 0 unspecified atom stereocenters. The lowest BCUT2D eigenvalue weighted by Crippen LogP contribution is -2.50. The van der Waals surface area contributed by atoms with Crippen LogP contribution in [0.25, 0.3) is 5.65 Å². The second-order valence-electron chi connectivity index (χ2n) is 17.5. The first kappa shape index (κ1) is 44.9. The molecule has 3 aliphatic rings.